The number of rotatable bonds is 6. The quantitative estimate of drug-likeness (QED) is 0.467. The summed E-state index contributed by atoms with van der Waals surface area (Å²) in [6, 6.07) is 1.42. The molecule has 0 bridgehead atoms. The SMILES string of the molecule is CS(=O)(=O)NCC1CCc2cc3c(c(NC(=O)NS(=N)(=O)c4cnn5c4OCCC5)c21)CCC3. The molecule has 2 heterocycles. The largest absolute Gasteiger partial charge is 0.477 e. The van der Waals surface area contributed by atoms with E-state index < -0.39 is 26.0 Å². The fraction of sp³-hybridized carbons (Fsp3) is 0.524. The lowest BCUT2D eigenvalue weighted by atomic mass is 9.94. The van der Waals surface area contributed by atoms with Crippen LogP contribution in [0.3, 0.4) is 0 Å². The molecular formula is C21H28N6O5S2. The first-order valence-electron chi connectivity index (χ1n) is 11.3. The van der Waals surface area contributed by atoms with Crippen molar-refractivity contribution in [1.29, 1.82) is 4.78 Å². The Morgan fingerprint density at radius 2 is 2.06 bits per heavy atom. The van der Waals surface area contributed by atoms with Gasteiger partial charge >= 0.3 is 6.03 Å². The van der Waals surface area contributed by atoms with E-state index in [1.807, 2.05) is 0 Å². The van der Waals surface area contributed by atoms with Crippen molar-refractivity contribution in [2.24, 2.45) is 0 Å². The Hall–Kier alpha value is -2.64. The van der Waals surface area contributed by atoms with Crippen molar-refractivity contribution in [3.05, 3.63) is 34.5 Å². The number of benzene rings is 1. The maximum atomic E-state index is 13.2. The summed E-state index contributed by atoms with van der Waals surface area (Å²) < 4.78 is 56.8. The molecule has 1 aromatic carbocycles. The number of fused-ring (bicyclic) bond motifs is 3. The Bertz CT molecular complexity index is 1370. The fourth-order valence-electron chi connectivity index (χ4n) is 5.14. The van der Waals surface area contributed by atoms with E-state index in [0.717, 1.165) is 61.5 Å². The van der Waals surface area contributed by atoms with Gasteiger partial charge in [0.05, 0.1) is 19.1 Å². The minimum absolute atomic E-state index is 0.0427. The average molecular weight is 509 g/mol. The van der Waals surface area contributed by atoms with Gasteiger partial charge in [0.25, 0.3) is 0 Å². The van der Waals surface area contributed by atoms with Crippen LogP contribution in [0.4, 0.5) is 10.5 Å². The Morgan fingerprint density at radius 3 is 2.85 bits per heavy atom. The molecule has 13 heteroatoms. The number of sulfonamides is 1. The molecule has 2 aliphatic carbocycles. The lowest BCUT2D eigenvalue weighted by Gasteiger charge is -2.21. The van der Waals surface area contributed by atoms with Crippen molar-refractivity contribution >= 4 is 31.7 Å². The van der Waals surface area contributed by atoms with E-state index >= 15 is 0 Å². The molecule has 4 N–H and O–H groups in total. The molecule has 1 aromatic heterocycles. The summed E-state index contributed by atoms with van der Waals surface area (Å²) in [7, 11) is -7.06. The first-order valence-corrected chi connectivity index (χ1v) is 14.8. The van der Waals surface area contributed by atoms with Gasteiger partial charge in [-0.3, -0.25) is 0 Å². The number of nitrogens with one attached hydrogen (secondary N) is 4. The smallest absolute Gasteiger partial charge is 0.331 e. The first-order chi connectivity index (χ1) is 16.1. The van der Waals surface area contributed by atoms with Crippen LogP contribution in [-0.4, -0.2) is 47.8 Å². The number of hydrogen-bond acceptors (Lipinski definition) is 7. The van der Waals surface area contributed by atoms with Crippen molar-refractivity contribution in [2.45, 2.75) is 55.9 Å². The van der Waals surface area contributed by atoms with Crippen molar-refractivity contribution in [2.75, 3.05) is 24.7 Å². The number of amides is 2. The normalized spacial score (nSPS) is 20.6. The van der Waals surface area contributed by atoms with Gasteiger partial charge in [0.15, 0.2) is 9.92 Å². The first kappa shape index (κ1) is 23.1. The van der Waals surface area contributed by atoms with Gasteiger partial charge in [0.2, 0.25) is 15.9 Å². The van der Waals surface area contributed by atoms with Gasteiger partial charge in [-0.2, -0.15) is 5.10 Å². The van der Waals surface area contributed by atoms with Crippen LogP contribution in [0.25, 0.3) is 0 Å². The van der Waals surface area contributed by atoms with E-state index in [1.165, 1.54) is 11.8 Å². The average Bonchev–Trinajstić information content (AvgIpc) is 3.49. The Balaban J connectivity index is 1.42. The number of hydrogen-bond donors (Lipinski definition) is 4. The summed E-state index contributed by atoms with van der Waals surface area (Å²) in [5.74, 6) is 0.169. The van der Waals surface area contributed by atoms with Gasteiger partial charge in [-0.1, -0.05) is 6.07 Å². The Kier molecular flexibility index (Phi) is 5.81. The van der Waals surface area contributed by atoms with Gasteiger partial charge in [0, 0.05) is 31.1 Å². The lowest BCUT2D eigenvalue weighted by molar-refractivity contribution is 0.224. The van der Waals surface area contributed by atoms with Gasteiger partial charge < -0.3 is 10.1 Å². The number of ether oxygens (including phenoxy) is 1. The van der Waals surface area contributed by atoms with E-state index in [2.05, 4.69) is 25.9 Å². The standard InChI is InChI=1S/C21H28N6O5S2/c1-33(29,30)24-11-15-7-6-14-10-13-4-2-5-16(13)19(18(14)15)25-21(28)26-34(22,31)17-12-23-27-8-3-9-32-20(17)27/h10,12,15,24H,2-9,11H2,1H3,(H3,22,25,26,28,31). The molecule has 11 nitrogen and oxygen atoms in total. The highest BCUT2D eigenvalue weighted by molar-refractivity contribution is 7.91. The number of carbonyl (C=O) groups is 1. The number of aryl methyl sites for hydroxylation is 3. The lowest BCUT2D eigenvalue weighted by Crippen LogP contribution is -2.35. The number of nitrogens with zero attached hydrogens (tertiary/aromatic N) is 2. The summed E-state index contributed by atoms with van der Waals surface area (Å²) in [6.07, 6.45) is 7.45. The molecule has 2 atom stereocenters. The molecule has 3 aliphatic rings. The highest BCUT2D eigenvalue weighted by Crippen LogP contribution is 2.44. The highest BCUT2D eigenvalue weighted by Gasteiger charge is 2.32. The maximum Gasteiger partial charge on any atom is 0.331 e. The van der Waals surface area contributed by atoms with Crippen LogP contribution >= 0.6 is 0 Å². The molecule has 2 unspecified atom stereocenters. The predicted molar refractivity (Wildman–Crippen MR) is 126 cm³/mol. The van der Waals surface area contributed by atoms with E-state index in [-0.39, 0.29) is 23.2 Å². The van der Waals surface area contributed by atoms with Gasteiger partial charge in [0.1, 0.15) is 4.90 Å². The van der Waals surface area contributed by atoms with Crippen molar-refractivity contribution < 1.29 is 22.2 Å². The Morgan fingerprint density at radius 1 is 1.24 bits per heavy atom. The minimum Gasteiger partial charge on any atom is -0.477 e. The van der Waals surface area contributed by atoms with Crippen molar-refractivity contribution in [3.8, 4) is 5.88 Å². The monoisotopic (exact) mass is 508 g/mol. The summed E-state index contributed by atoms with van der Waals surface area (Å²) in [5.41, 5.74) is 4.89. The topological polar surface area (TPSA) is 155 Å². The molecule has 1 aliphatic heterocycles. The second-order valence-electron chi connectivity index (χ2n) is 9.02. The van der Waals surface area contributed by atoms with E-state index in [4.69, 9.17) is 9.52 Å². The molecular weight excluding hydrogens is 480 g/mol. The van der Waals surface area contributed by atoms with E-state index in [1.54, 1.807) is 4.68 Å². The molecule has 0 radical (unpaired) electrons. The molecule has 5 rings (SSSR count). The summed E-state index contributed by atoms with van der Waals surface area (Å²) in [6.45, 7) is 1.28. The molecule has 0 saturated carbocycles. The Labute approximate surface area is 198 Å². The van der Waals surface area contributed by atoms with Gasteiger partial charge in [-0.15, -0.1) is 0 Å². The number of urea groups is 1. The van der Waals surface area contributed by atoms with E-state index in [0.29, 0.717) is 18.8 Å². The number of carbonyl (C=O) groups excluding carboxylic acids is 1. The minimum atomic E-state index is -3.71. The van der Waals surface area contributed by atoms with Crippen LogP contribution in [0.15, 0.2) is 17.2 Å². The highest BCUT2D eigenvalue weighted by atomic mass is 32.2. The third-order valence-electron chi connectivity index (χ3n) is 6.59. The molecule has 0 saturated heterocycles. The molecule has 0 spiro atoms. The zero-order valence-corrected chi connectivity index (χ0v) is 20.5. The van der Waals surface area contributed by atoms with Crippen LogP contribution < -0.4 is 19.5 Å². The van der Waals surface area contributed by atoms with Gasteiger partial charge in [-0.25, -0.2) is 36.3 Å². The molecule has 2 aromatic rings. The van der Waals surface area contributed by atoms with Crippen molar-refractivity contribution in [3.63, 3.8) is 0 Å². The van der Waals surface area contributed by atoms with Crippen LogP contribution in [0.1, 0.15) is 47.4 Å². The molecule has 2 amide bonds. The summed E-state index contributed by atoms with van der Waals surface area (Å²) >= 11 is 0. The zero-order valence-electron chi connectivity index (χ0n) is 18.8. The summed E-state index contributed by atoms with van der Waals surface area (Å²) in [4.78, 5) is 13.1. The van der Waals surface area contributed by atoms with Crippen molar-refractivity contribution in [1.82, 2.24) is 19.2 Å². The predicted octanol–water partition coefficient (Wildman–Crippen LogP) is 1.88. The number of anilines is 1. The fourth-order valence-corrected chi connectivity index (χ4v) is 6.67. The second kappa shape index (κ2) is 8.54. The number of aromatic nitrogens is 2. The molecule has 184 valence electrons. The van der Waals surface area contributed by atoms with Crippen LogP contribution in [-0.2, 0) is 45.7 Å². The third-order valence-corrected chi connectivity index (χ3v) is 8.65. The summed E-state index contributed by atoms with van der Waals surface area (Å²) in [5, 5.41) is 7.00. The second-order valence-corrected chi connectivity index (χ2v) is 12.6. The van der Waals surface area contributed by atoms with Crippen LogP contribution in [0.5, 0.6) is 5.88 Å². The third kappa shape index (κ3) is 4.39. The maximum absolute atomic E-state index is 13.2. The van der Waals surface area contributed by atoms with Gasteiger partial charge in [-0.05, 0) is 54.4 Å². The van der Waals surface area contributed by atoms with Crippen LogP contribution in [0, 0.1) is 4.78 Å². The zero-order chi connectivity index (χ0) is 24.1. The molecule has 34 heavy (non-hydrogen) atoms. The molecule has 0 fully saturated rings. The van der Waals surface area contributed by atoms with Crippen LogP contribution in [0.2, 0.25) is 0 Å². The van der Waals surface area contributed by atoms with E-state index in [9.17, 15) is 17.4 Å².